The first-order valence-electron chi connectivity index (χ1n) is 7.03. The molecule has 0 heterocycles. The third-order valence-corrected chi connectivity index (χ3v) is 4.57. The standard InChI is InChI=1S/C16H21ClO2/c1-11-2-6-13(7-3-11)15(16(18)19)10-12-4-8-14(17)9-5-12/h4-5,8-9,11,13,15H,2-3,6-7,10H2,1H3,(H,18,19). The monoisotopic (exact) mass is 280 g/mol. The summed E-state index contributed by atoms with van der Waals surface area (Å²) in [6.07, 6.45) is 5.03. The molecule has 0 bridgehead atoms. The molecular weight excluding hydrogens is 260 g/mol. The molecule has 1 atom stereocenters. The van der Waals surface area contributed by atoms with Gasteiger partial charge < -0.3 is 5.11 Å². The van der Waals surface area contributed by atoms with E-state index >= 15 is 0 Å². The van der Waals surface area contributed by atoms with Gasteiger partial charge >= 0.3 is 5.97 Å². The van der Waals surface area contributed by atoms with Gasteiger partial charge in [-0.1, -0.05) is 43.5 Å². The summed E-state index contributed by atoms with van der Waals surface area (Å²) in [4.78, 5) is 11.5. The topological polar surface area (TPSA) is 37.3 Å². The number of halogens is 1. The van der Waals surface area contributed by atoms with Crippen molar-refractivity contribution in [3.63, 3.8) is 0 Å². The number of benzene rings is 1. The van der Waals surface area contributed by atoms with Gasteiger partial charge in [0.05, 0.1) is 5.92 Å². The van der Waals surface area contributed by atoms with Crippen LogP contribution >= 0.6 is 11.6 Å². The molecule has 0 saturated heterocycles. The fourth-order valence-electron chi connectivity index (χ4n) is 3.02. The van der Waals surface area contributed by atoms with Gasteiger partial charge in [-0.3, -0.25) is 4.79 Å². The zero-order valence-corrected chi connectivity index (χ0v) is 12.1. The fourth-order valence-corrected chi connectivity index (χ4v) is 3.14. The van der Waals surface area contributed by atoms with Crippen molar-refractivity contribution < 1.29 is 9.90 Å². The normalized spacial score (nSPS) is 24.9. The molecular formula is C16H21ClO2. The number of hydrogen-bond acceptors (Lipinski definition) is 1. The van der Waals surface area contributed by atoms with Gasteiger partial charge in [0, 0.05) is 5.02 Å². The summed E-state index contributed by atoms with van der Waals surface area (Å²) in [5.41, 5.74) is 1.07. The molecule has 104 valence electrons. The van der Waals surface area contributed by atoms with Gasteiger partial charge in [-0.05, 0) is 48.8 Å². The highest BCUT2D eigenvalue weighted by Gasteiger charge is 2.30. The molecule has 0 amide bonds. The summed E-state index contributed by atoms with van der Waals surface area (Å²) in [5.74, 6) is 0.161. The molecule has 2 rings (SSSR count). The molecule has 1 unspecified atom stereocenters. The van der Waals surface area contributed by atoms with Gasteiger partial charge in [0.2, 0.25) is 0 Å². The number of carboxylic acids is 1. The van der Waals surface area contributed by atoms with Crippen LogP contribution in [0.25, 0.3) is 0 Å². The quantitative estimate of drug-likeness (QED) is 0.887. The Bertz CT molecular complexity index is 419. The minimum Gasteiger partial charge on any atom is -0.481 e. The summed E-state index contributed by atoms with van der Waals surface area (Å²) in [6, 6.07) is 7.53. The smallest absolute Gasteiger partial charge is 0.307 e. The second-order valence-corrected chi connectivity index (χ2v) is 6.23. The Morgan fingerprint density at radius 2 is 1.84 bits per heavy atom. The van der Waals surface area contributed by atoms with E-state index in [0.717, 1.165) is 37.2 Å². The minimum absolute atomic E-state index is 0.256. The molecule has 3 heteroatoms. The first-order chi connectivity index (χ1) is 9.06. The van der Waals surface area contributed by atoms with E-state index in [1.165, 1.54) is 0 Å². The van der Waals surface area contributed by atoms with E-state index in [2.05, 4.69) is 6.92 Å². The SMILES string of the molecule is CC1CCC(C(Cc2ccc(Cl)cc2)C(=O)O)CC1. The fraction of sp³-hybridized carbons (Fsp3) is 0.562. The summed E-state index contributed by atoms with van der Waals surface area (Å²) in [7, 11) is 0. The van der Waals surface area contributed by atoms with Gasteiger partial charge in [0.15, 0.2) is 0 Å². The summed E-state index contributed by atoms with van der Waals surface area (Å²) in [5, 5.41) is 10.2. The number of aliphatic carboxylic acids is 1. The highest BCUT2D eigenvalue weighted by molar-refractivity contribution is 6.30. The summed E-state index contributed by atoms with van der Waals surface area (Å²) >= 11 is 5.86. The first-order valence-corrected chi connectivity index (χ1v) is 7.41. The van der Waals surface area contributed by atoms with Crippen molar-refractivity contribution in [2.45, 2.75) is 39.0 Å². The van der Waals surface area contributed by atoms with Crippen LogP contribution in [0.15, 0.2) is 24.3 Å². The van der Waals surface area contributed by atoms with Crippen LogP contribution in [0.2, 0.25) is 5.02 Å². The molecule has 1 aromatic carbocycles. The largest absolute Gasteiger partial charge is 0.481 e. The molecule has 1 aromatic rings. The van der Waals surface area contributed by atoms with Gasteiger partial charge in [-0.25, -0.2) is 0 Å². The van der Waals surface area contributed by atoms with Crippen LogP contribution in [0, 0.1) is 17.8 Å². The average molecular weight is 281 g/mol. The number of rotatable bonds is 4. The maximum absolute atomic E-state index is 11.5. The zero-order valence-electron chi connectivity index (χ0n) is 11.3. The highest BCUT2D eigenvalue weighted by atomic mass is 35.5. The molecule has 2 nitrogen and oxygen atoms in total. The first kappa shape index (κ1) is 14.4. The van der Waals surface area contributed by atoms with Crippen LogP contribution in [-0.2, 0) is 11.2 Å². The van der Waals surface area contributed by atoms with Gasteiger partial charge in [-0.2, -0.15) is 0 Å². The number of carbonyl (C=O) groups is 1. The Hall–Kier alpha value is -1.02. The van der Waals surface area contributed by atoms with Crippen molar-refractivity contribution in [3.05, 3.63) is 34.9 Å². The lowest BCUT2D eigenvalue weighted by atomic mass is 9.74. The molecule has 1 saturated carbocycles. The molecule has 1 aliphatic rings. The Labute approximate surface area is 119 Å². The van der Waals surface area contributed by atoms with E-state index in [1.807, 2.05) is 24.3 Å². The zero-order chi connectivity index (χ0) is 13.8. The molecule has 0 aliphatic heterocycles. The maximum atomic E-state index is 11.5. The van der Waals surface area contributed by atoms with Crippen LogP contribution < -0.4 is 0 Å². The minimum atomic E-state index is -0.658. The Morgan fingerprint density at radius 3 is 2.37 bits per heavy atom. The molecule has 19 heavy (non-hydrogen) atoms. The molecule has 1 N–H and O–H groups in total. The second kappa shape index (κ2) is 6.42. The van der Waals surface area contributed by atoms with E-state index < -0.39 is 5.97 Å². The third kappa shape index (κ3) is 3.97. The van der Waals surface area contributed by atoms with Crippen LogP contribution in [0.3, 0.4) is 0 Å². The van der Waals surface area contributed by atoms with Crippen molar-refractivity contribution in [1.29, 1.82) is 0 Å². The Morgan fingerprint density at radius 1 is 1.26 bits per heavy atom. The number of carboxylic acid groups (broad SMARTS) is 1. The van der Waals surface area contributed by atoms with E-state index in [1.54, 1.807) is 0 Å². The van der Waals surface area contributed by atoms with Gasteiger partial charge in [0.25, 0.3) is 0 Å². The second-order valence-electron chi connectivity index (χ2n) is 5.80. The molecule has 1 aliphatic carbocycles. The average Bonchev–Trinajstić information content (AvgIpc) is 2.39. The molecule has 1 fully saturated rings. The van der Waals surface area contributed by atoms with E-state index in [4.69, 9.17) is 11.6 Å². The predicted molar refractivity (Wildman–Crippen MR) is 77.4 cm³/mol. The molecule has 0 radical (unpaired) electrons. The predicted octanol–water partition coefficient (Wildman–Crippen LogP) is 4.41. The summed E-state index contributed by atoms with van der Waals surface area (Å²) < 4.78 is 0. The van der Waals surface area contributed by atoms with Crippen molar-refractivity contribution in [2.24, 2.45) is 17.8 Å². The number of hydrogen-bond donors (Lipinski definition) is 1. The van der Waals surface area contributed by atoms with Crippen LogP contribution in [-0.4, -0.2) is 11.1 Å². The van der Waals surface area contributed by atoms with E-state index in [9.17, 15) is 9.90 Å². The Balaban J connectivity index is 2.04. The van der Waals surface area contributed by atoms with Crippen LogP contribution in [0.5, 0.6) is 0 Å². The Kier molecular flexibility index (Phi) is 4.87. The lowest BCUT2D eigenvalue weighted by Crippen LogP contribution is -2.28. The maximum Gasteiger partial charge on any atom is 0.307 e. The van der Waals surface area contributed by atoms with Crippen molar-refractivity contribution >= 4 is 17.6 Å². The van der Waals surface area contributed by atoms with Crippen LogP contribution in [0.4, 0.5) is 0 Å². The van der Waals surface area contributed by atoms with Crippen LogP contribution in [0.1, 0.15) is 38.2 Å². The van der Waals surface area contributed by atoms with Crippen molar-refractivity contribution in [1.82, 2.24) is 0 Å². The van der Waals surface area contributed by atoms with E-state index in [0.29, 0.717) is 17.4 Å². The van der Waals surface area contributed by atoms with Crippen molar-refractivity contribution in [2.75, 3.05) is 0 Å². The highest BCUT2D eigenvalue weighted by Crippen LogP contribution is 2.35. The van der Waals surface area contributed by atoms with Gasteiger partial charge in [0.1, 0.15) is 0 Å². The molecule has 0 aromatic heterocycles. The lowest BCUT2D eigenvalue weighted by Gasteiger charge is -2.30. The van der Waals surface area contributed by atoms with E-state index in [-0.39, 0.29) is 5.92 Å². The molecule has 0 spiro atoms. The summed E-state index contributed by atoms with van der Waals surface area (Å²) in [6.45, 7) is 2.26. The third-order valence-electron chi connectivity index (χ3n) is 4.32. The van der Waals surface area contributed by atoms with Gasteiger partial charge in [-0.15, -0.1) is 0 Å². The lowest BCUT2D eigenvalue weighted by molar-refractivity contribution is -0.144. The van der Waals surface area contributed by atoms with Crippen molar-refractivity contribution in [3.8, 4) is 0 Å².